The van der Waals surface area contributed by atoms with Crippen LogP contribution in [0.25, 0.3) is 0 Å². The third kappa shape index (κ3) is 3.12. The van der Waals surface area contributed by atoms with Crippen LogP contribution in [-0.2, 0) is 0 Å². The number of hydrogen-bond donors (Lipinski definition) is 2. The van der Waals surface area contributed by atoms with Gasteiger partial charge in [-0.15, -0.1) is 0 Å². The van der Waals surface area contributed by atoms with Crippen LogP contribution in [0, 0.1) is 16.0 Å². The minimum atomic E-state index is -0.516. The molecule has 0 heterocycles. The van der Waals surface area contributed by atoms with E-state index in [1.165, 1.54) is 25.3 Å². The van der Waals surface area contributed by atoms with Crippen molar-refractivity contribution in [3.05, 3.63) is 28.3 Å². The molecule has 102 valence electrons. The van der Waals surface area contributed by atoms with E-state index in [1.807, 2.05) is 0 Å². The van der Waals surface area contributed by atoms with E-state index in [-0.39, 0.29) is 23.5 Å². The Morgan fingerprint density at radius 2 is 2.21 bits per heavy atom. The highest BCUT2D eigenvalue weighted by Gasteiger charge is 2.33. The first-order valence-electron chi connectivity index (χ1n) is 5.91. The van der Waals surface area contributed by atoms with Crippen molar-refractivity contribution in [1.82, 2.24) is 5.32 Å². The zero-order valence-corrected chi connectivity index (χ0v) is 10.7. The molecular weight excluding hydrogens is 250 g/mol. The molecule has 1 aromatic carbocycles. The van der Waals surface area contributed by atoms with Gasteiger partial charge < -0.3 is 15.4 Å². The minimum absolute atomic E-state index is 0.0846. The Labute approximate surface area is 110 Å². The highest BCUT2D eigenvalue weighted by atomic mass is 16.6. The van der Waals surface area contributed by atoms with Crippen LogP contribution in [0.4, 0.5) is 16.2 Å². The van der Waals surface area contributed by atoms with E-state index >= 15 is 0 Å². The van der Waals surface area contributed by atoms with Gasteiger partial charge >= 0.3 is 6.03 Å². The summed E-state index contributed by atoms with van der Waals surface area (Å²) in [6, 6.07) is 3.92. The Morgan fingerprint density at radius 1 is 1.53 bits per heavy atom. The summed E-state index contributed by atoms with van der Waals surface area (Å²) in [5.41, 5.74) is 0.317. The first kappa shape index (κ1) is 13.1. The van der Waals surface area contributed by atoms with Crippen LogP contribution in [0.1, 0.15) is 13.3 Å². The predicted octanol–water partition coefficient (Wildman–Crippen LogP) is 2.13. The lowest BCUT2D eigenvalue weighted by molar-refractivity contribution is -0.384. The molecule has 1 aliphatic carbocycles. The molecule has 1 aliphatic rings. The quantitative estimate of drug-likeness (QED) is 0.644. The van der Waals surface area contributed by atoms with Crippen molar-refractivity contribution in [3.8, 4) is 5.75 Å². The monoisotopic (exact) mass is 265 g/mol. The Hall–Kier alpha value is -2.31. The largest absolute Gasteiger partial charge is 0.494 e. The number of non-ortho nitro benzene ring substituents is 1. The van der Waals surface area contributed by atoms with Crippen molar-refractivity contribution < 1.29 is 14.5 Å². The van der Waals surface area contributed by atoms with Crippen molar-refractivity contribution in [2.75, 3.05) is 12.4 Å². The lowest BCUT2D eigenvalue weighted by Gasteiger charge is -2.10. The number of nitro groups is 1. The number of amides is 2. The van der Waals surface area contributed by atoms with Crippen LogP contribution in [0.15, 0.2) is 18.2 Å². The van der Waals surface area contributed by atoms with Gasteiger partial charge in [0.2, 0.25) is 0 Å². The van der Waals surface area contributed by atoms with E-state index in [2.05, 4.69) is 17.6 Å². The average molecular weight is 265 g/mol. The maximum atomic E-state index is 11.7. The Bertz CT molecular complexity index is 518. The van der Waals surface area contributed by atoms with E-state index < -0.39 is 4.92 Å². The summed E-state index contributed by atoms with van der Waals surface area (Å²) >= 11 is 0. The number of hydrogen-bond acceptors (Lipinski definition) is 4. The second kappa shape index (κ2) is 5.13. The van der Waals surface area contributed by atoms with Crippen molar-refractivity contribution in [3.63, 3.8) is 0 Å². The first-order valence-corrected chi connectivity index (χ1v) is 5.91. The second-order valence-electron chi connectivity index (χ2n) is 4.56. The predicted molar refractivity (Wildman–Crippen MR) is 69.4 cm³/mol. The van der Waals surface area contributed by atoms with E-state index in [0.29, 0.717) is 11.6 Å². The number of benzene rings is 1. The molecule has 7 heteroatoms. The van der Waals surface area contributed by atoms with Gasteiger partial charge in [-0.1, -0.05) is 6.92 Å². The van der Waals surface area contributed by atoms with Crippen LogP contribution in [0.2, 0.25) is 0 Å². The molecule has 0 radical (unpaired) electrons. The van der Waals surface area contributed by atoms with Gasteiger partial charge in [0, 0.05) is 12.1 Å². The van der Waals surface area contributed by atoms with Crippen molar-refractivity contribution in [1.29, 1.82) is 0 Å². The van der Waals surface area contributed by atoms with Crippen molar-refractivity contribution in [2.45, 2.75) is 19.4 Å². The highest BCUT2D eigenvalue weighted by Crippen LogP contribution is 2.31. The van der Waals surface area contributed by atoms with Gasteiger partial charge in [0.25, 0.3) is 5.69 Å². The smallest absolute Gasteiger partial charge is 0.319 e. The van der Waals surface area contributed by atoms with E-state index in [9.17, 15) is 14.9 Å². The fourth-order valence-corrected chi connectivity index (χ4v) is 1.75. The molecule has 2 unspecified atom stereocenters. The van der Waals surface area contributed by atoms with Crippen molar-refractivity contribution in [2.24, 2.45) is 5.92 Å². The number of methoxy groups -OCH3 is 1. The maximum absolute atomic E-state index is 11.7. The second-order valence-corrected chi connectivity index (χ2v) is 4.56. The molecule has 2 rings (SSSR count). The average Bonchev–Trinajstić information content (AvgIpc) is 3.04. The summed E-state index contributed by atoms with van der Waals surface area (Å²) < 4.78 is 5.03. The summed E-state index contributed by atoms with van der Waals surface area (Å²) in [5, 5.41) is 16.1. The maximum Gasteiger partial charge on any atom is 0.319 e. The zero-order chi connectivity index (χ0) is 14.0. The summed E-state index contributed by atoms with van der Waals surface area (Å²) in [6.07, 6.45) is 0.977. The molecule has 0 aliphatic heterocycles. The number of carbonyl (C=O) groups excluding carboxylic acids is 1. The van der Waals surface area contributed by atoms with Crippen LogP contribution < -0.4 is 15.4 Å². The lowest BCUT2D eigenvalue weighted by atomic mass is 10.2. The van der Waals surface area contributed by atoms with Crippen LogP contribution in [0.3, 0.4) is 0 Å². The molecular formula is C12H15N3O4. The molecule has 1 saturated carbocycles. The number of rotatable bonds is 4. The first-order chi connectivity index (χ1) is 9.01. The molecule has 19 heavy (non-hydrogen) atoms. The minimum Gasteiger partial charge on any atom is -0.494 e. The Balaban J connectivity index is 2.06. The van der Waals surface area contributed by atoms with Crippen LogP contribution in [-0.4, -0.2) is 24.1 Å². The molecule has 7 nitrogen and oxygen atoms in total. The fourth-order valence-electron chi connectivity index (χ4n) is 1.75. The molecule has 2 amide bonds. The van der Waals surface area contributed by atoms with Crippen molar-refractivity contribution >= 4 is 17.4 Å². The summed E-state index contributed by atoms with van der Waals surface area (Å²) in [4.78, 5) is 21.8. The lowest BCUT2D eigenvalue weighted by Crippen LogP contribution is -2.31. The van der Waals surface area contributed by atoms with Crippen LogP contribution >= 0.6 is 0 Å². The molecule has 2 atom stereocenters. The molecule has 2 N–H and O–H groups in total. The number of urea groups is 1. The topological polar surface area (TPSA) is 93.5 Å². The summed E-state index contributed by atoms with van der Waals surface area (Å²) in [5.74, 6) is 0.762. The molecule has 0 aromatic heterocycles. The fraction of sp³-hybridized carbons (Fsp3) is 0.417. The number of anilines is 1. The van der Waals surface area contributed by atoms with Gasteiger partial charge in [0.05, 0.1) is 23.8 Å². The van der Waals surface area contributed by atoms with E-state index in [4.69, 9.17) is 4.74 Å². The highest BCUT2D eigenvalue weighted by molar-refractivity contribution is 5.91. The van der Waals surface area contributed by atoms with Gasteiger partial charge in [-0.05, 0) is 18.4 Å². The van der Waals surface area contributed by atoms with Gasteiger partial charge in [-0.2, -0.15) is 0 Å². The van der Waals surface area contributed by atoms with E-state index in [0.717, 1.165) is 6.42 Å². The molecule has 0 saturated heterocycles. The Morgan fingerprint density at radius 3 is 2.74 bits per heavy atom. The summed E-state index contributed by atoms with van der Waals surface area (Å²) in [6.45, 7) is 2.05. The van der Waals surface area contributed by atoms with Crippen LogP contribution in [0.5, 0.6) is 5.75 Å². The third-order valence-electron chi connectivity index (χ3n) is 3.07. The number of carbonyl (C=O) groups is 1. The van der Waals surface area contributed by atoms with Gasteiger partial charge in [0.1, 0.15) is 5.75 Å². The number of nitrogens with one attached hydrogen (secondary N) is 2. The SMILES string of the molecule is COc1cc([N+](=O)[O-])ccc1NC(=O)NC1CC1C. The molecule has 1 fully saturated rings. The number of nitro benzene ring substituents is 1. The molecule has 0 bridgehead atoms. The summed E-state index contributed by atoms with van der Waals surface area (Å²) in [7, 11) is 1.39. The molecule has 1 aromatic rings. The zero-order valence-electron chi connectivity index (χ0n) is 10.7. The standard InChI is InChI=1S/C12H15N3O4/c1-7-5-10(7)14-12(16)13-9-4-3-8(15(17)18)6-11(9)19-2/h3-4,6-7,10H,5H2,1-2H3,(H2,13,14,16). The normalized spacial score (nSPS) is 20.5. The third-order valence-corrected chi connectivity index (χ3v) is 3.07. The van der Waals surface area contributed by atoms with Gasteiger partial charge in [-0.3, -0.25) is 10.1 Å². The number of ether oxygens (including phenoxy) is 1. The van der Waals surface area contributed by atoms with Gasteiger partial charge in [0.15, 0.2) is 0 Å². The van der Waals surface area contributed by atoms with Gasteiger partial charge in [-0.25, -0.2) is 4.79 Å². The Kier molecular flexibility index (Phi) is 3.55. The van der Waals surface area contributed by atoms with E-state index in [1.54, 1.807) is 0 Å². The number of nitrogens with zero attached hydrogens (tertiary/aromatic N) is 1. The molecule has 0 spiro atoms.